The number of hydrogen-bond acceptors (Lipinski definition) is 5. The van der Waals surface area contributed by atoms with E-state index in [1.807, 2.05) is 22.4 Å². The van der Waals surface area contributed by atoms with Crippen LogP contribution in [0.3, 0.4) is 0 Å². The van der Waals surface area contributed by atoms with Crippen LogP contribution >= 0.6 is 11.8 Å². The zero-order valence-electron chi connectivity index (χ0n) is 12.4. The van der Waals surface area contributed by atoms with Gasteiger partial charge in [-0.2, -0.15) is 11.8 Å². The van der Waals surface area contributed by atoms with Gasteiger partial charge in [0.05, 0.1) is 10.4 Å². The van der Waals surface area contributed by atoms with Crippen LogP contribution in [0.4, 0.5) is 5.95 Å². The lowest BCUT2D eigenvalue weighted by Crippen LogP contribution is -2.03. The molecule has 0 radical (unpaired) electrons. The van der Waals surface area contributed by atoms with E-state index in [9.17, 15) is 8.42 Å². The maximum absolute atomic E-state index is 11.8. The number of benzene rings is 1. The number of aryl methyl sites for hydroxylation is 1. The molecule has 0 fully saturated rings. The van der Waals surface area contributed by atoms with Crippen LogP contribution in [0.25, 0.3) is 11.0 Å². The Morgan fingerprint density at radius 3 is 2.71 bits per heavy atom. The van der Waals surface area contributed by atoms with E-state index >= 15 is 0 Å². The van der Waals surface area contributed by atoms with Gasteiger partial charge >= 0.3 is 0 Å². The van der Waals surface area contributed by atoms with Crippen molar-refractivity contribution in [3.05, 3.63) is 18.2 Å². The van der Waals surface area contributed by atoms with Crippen LogP contribution < -0.4 is 5.73 Å². The van der Waals surface area contributed by atoms with Crippen molar-refractivity contribution in [3.8, 4) is 0 Å². The zero-order valence-corrected chi connectivity index (χ0v) is 14.0. The second kappa shape index (κ2) is 6.70. The molecule has 5 nitrogen and oxygen atoms in total. The predicted octanol–water partition coefficient (Wildman–Crippen LogP) is 2.56. The van der Waals surface area contributed by atoms with Gasteiger partial charge in [-0.1, -0.05) is 12.5 Å². The minimum Gasteiger partial charge on any atom is -0.369 e. The Hall–Kier alpha value is -1.21. The predicted molar refractivity (Wildman–Crippen MR) is 89.5 cm³/mol. The van der Waals surface area contributed by atoms with Crippen molar-refractivity contribution in [1.82, 2.24) is 9.55 Å². The van der Waals surface area contributed by atoms with Crippen molar-refractivity contribution < 1.29 is 8.42 Å². The SMILES string of the molecule is CSCCCCCn1c(N)nc2c(S(C)(=O)=O)cccc21. The Labute approximate surface area is 129 Å². The Morgan fingerprint density at radius 2 is 2.05 bits per heavy atom. The molecule has 0 aliphatic heterocycles. The summed E-state index contributed by atoms with van der Waals surface area (Å²) in [5.41, 5.74) is 7.22. The second-order valence-electron chi connectivity index (χ2n) is 5.07. The first kappa shape index (κ1) is 16.2. The molecule has 0 spiro atoms. The molecule has 1 heterocycles. The molecule has 0 saturated heterocycles. The molecule has 1 aromatic heterocycles. The molecule has 0 aliphatic rings. The normalized spacial score (nSPS) is 12.1. The van der Waals surface area contributed by atoms with Gasteiger partial charge in [-0.05, 0) is 37.0 Å². The molecule has 0 saturated carbocycles. The molecule has 7 heteroatoms. The van der Waals surface area contributed by atoms with Crippen LogP contribution in [0, 0.1) is 0 Å². The molecular weight excluding hydrogens is 306 g/mol. The number of para-hydroxylation sites is 1. The molecule has 2 aromatic rings. The average Bonchev–Trinajstić information content (AvgIpc) is 2.73. The Balaban J connectivity index is 2.27. The molecule has 116 valence electrons. The van der Waals surface area contributed by atoms with Crippen LogP contribution in [0.5, 0.6) is 0 Å². The van der Waals surface area contributed by atoms with Gasteiger partial charge in [-0.3, -0.25) is 0 Å². The smallest absolute Gasteiger partial charge is 0.201 e. The summed E-state index contributed by atoms with van der Waals surface area (Å²) in [5, 5.41) is 0. The molecule has 2 N–H and O–H groups in total. The number of anilines is 1. The van der Waals surface area contributed by atoms with Gasteiger partial charge in [0.2, 0.25) is 5.95 Å². The number of unbranched alkanes of at least 4 members (excludes halogenated alkanes) is 2. The van der Waals surface area contributed by atoms with E-state index in [2.05, 4.69) is 11.2 Å². The number of fused-ring (bicyclic) bond motifs is 1. The summed E-state index contributed by atoms with van der Waals surface area (Å²) in [5.74, 6) is 1.55. The monoisotopic (exact) mass is 327 g/mol. The number of sulfone groups is 1. The molecule has 1 aromatic carbocycles. The lowest BCUT2D eigenvalue weighted by molar-refractivity contribution is 0.602. The van der Waals surface area contributed by atoms with E-state index in [4.69, 9.17) is 5.73 Å². The van der Waals surface area contributed by atoms with Gasteiger partial charge < -0.3 is 10.3 Å². The van der Waals surface area contributed by atoms with Crippen LogP contribution in [0.1, 0.15) is 19.3 Å². The van der Waals surface area contributed by atoms with E-state index in [1.54, 1.807) is 12.1 Å². The summed E-state index contributed by atoms with van der Waals surface area (Å²) in [7, 11) is -3.30. The maximum atomic E-state index is 11.8. The molecule has 21 heavy (non-hydrogen) atoms. The van der Waals surface area contributed by atoms with Gasteiger partial charge in [0.25, 0.3) is 0 Å². The van der Waals surface area contributed by atoms with Crippen LogP contribution in [0.15, 0.2) is 23.1 Å². The van der Waals surface area contributed by atoms with Crippen molar-refractivity contribution in [2.24, 2.45) is 0 Å². The average molecular weight is 327 g/mol. The molecule has 0 bridgehead atoms. The van der Waals surface area contributed by atoms with E-state index < -0.39 is 9.84 Å². The number of aromatic nitrogens is 2. The highest BCUT2D eigenvalue weighted by atomic mass is 32.2. The number of nitrogens with zero attached hydrogens (tertiary/aromatic N) is 2. The lowest BCUT2D eigenvalue weighted by Gasteiger charge is -2.06. The molecule has 0 aliphatic carbocycles. The topological polar surface area (TPSA) is 78.0 Å². The summed E-state index contributed by atoms with van der Waals surface area (Å²) in [4.78, 5) is 4.50. The van der Waals surface area contributed by atoms with Gasteiger partial charge in [0.15, 0.2) is 9.84 Å². The first-order chi connectivity index (χ1) is 9.95. The minimum atomic E-state index is -3.30. The summed E-state index contributed by atoms with van der Waals surface area (Å²) >= 11 is 1.85. The van der Waals surface area contributed by atoms with E-state index in [0.29, 0.717) is 11.5 Å². The molecule has 0 amide bonds. The van der Waals surface area contributed by atoms with Crippen molar-refractivity contribution in [2.45, 2.75) is 30.7 Å². The van der Waals surface area contributed by atoms with Crippen LogP contribution in [0.2, 0.25) is 0 Å². The Kier molecular flexibility index (Phi) is 5.16. The summed E-state index contributed by atoms with van der Waals surface area (Å²) in [6, 6.07) is 5.19. The number of thioether (sulfide) groups is 1. The highest BCUT2D eigenvalue weighted by molar-refractivity contribution is 7.98. The fraction of sp³-hybridized carbons (Fsp3) is 0.500. The van der Waals surface area contributed by atoms with Crippen LogP contribution in [-0.2, 0) is 16.4 Å². The highest BCUT2D eigenvalue weighted by Gasteiger charge is 2.17. The fourth-order valence-electron chi connectivity index (χ4n) is 2.37. The number of nitrogen functional groups attached to an aromatic ring is 1. The summed E-state index contributed by atoms with van der Waals surface area (Å²) in [6.07, 6.45) is 6.63. The minimum absolute atomic E-state index is 0.243. The third-order valence-electron chi connectivity index (χ3n) is 3.40. The fourth-order valence-corrected chi connectivity index (χ4v) is 3.69. The van der Waals surface area contributed by atoms with Gasteiger partial charge in [0, 0.05) is 12.8 Å². The van der Waals surface area contributed by atoms with Crippen molar-refractivity contribution in [3.63, 3.8) is 0 Å². The van der Waals surface area contributed by atoms with Crippen molar-refractivity contribution in [1.29, 1.82) is 0 Å². The Morgan fingerprint density at radius 1 is 1.29 bits per heavy atom. The third-order valence-corrected chi connectivity index (χ3v) is 5.23. The van der Waals surface area contributed by atoms with E-state index in [-0.39, 0.29) is 4.90 Å². The summed E-state index contributed by atoms with van der Waals surface area (Å²) in [6.45, 7) is 0.768. The number of imidazole rings is 1. The zero-order chi connectivity index (χ0) is 15.5. The second-order valence-corrected chi connectivity index (χ2v) is 8.04. The molecule has 2 rings (SSSR count). The molecular formula is C14H21N3O2S2. The number of rotatable bonds is 7. The first-order valence-corrected chi connectivity index (χ1v) is 10.2. The highest BCUT2D eigenvalue weighted by Crippen LogP contribution is 2.25. The van der Waals surface area contributed by atoms with Gasteiger partial charge in [-0.15, -0.1) is 0 Å². The number of nitrogens with two attached hydrogens (primary N) is 1. The van der Waals surface area contributed by atoms with Crippen molar-refractivity contribution >= 4 is 38.6 Å². The number of hydrogen-bond donors (Lipinski definition) is 1. The van der Waals surface area contributed by atoms with Crippen molar-refractivity contribution in [2.75, 3.05) is 24.0 Å². The first-order valence-electron chi connectivity index (χ1n) is 6.89. The molecule has 0 unspecified atom stereocenters. The van der Waals surface area contributed by atoms with Crippen LogP contribution in [-0.4, -0.2) is 36.2 Å². The third kappa shape index (κ3) is 3.71. The molecule has 0 atom stereocenters. The summed E-state index contributed by atoms with van der Waals surface area (Å²) < 4.78 is 25.5. The maximum Gasteiger partial charge on any atom is 0.201 e. The largest absolute Gasteiger partial charge is 0.369 e. The quantitative estimate of drug-likeness (QED) is 0.791. The Bertz CT molecular complexity index is 723. The van der Waals surface area contributed by atoms with Gasteiger partial charge in [0.1, 0.15) is 5.52 Å². The standard InChI is InChI=1S/C14H21N3O2S2/c1-20-10-5-3-4-9-17-11-7-6-8-12(21(2,18)19)13(11)16-14(17)15/h6-8H,3-5,9-10H2,1-2H3,(H2,15,16). The lowest BCUT2D eigenvalue weighted by atomic mass is 10.2. The van der Waals surface area contributed by atoms with Gasteiger partial charge in [-0.25, -0.2) is 13.4 Å². The van der Waals surface area contributed by atoms with E-state index in [1.165, 1.54) is 18.4 Å². The van der Waals surface area contributed by atoms with E-state index in [0.717, 1.165) is 24.9 Å².